The summed E-state index contributed by atoms with van der Waals surface area (Å²) < 4.78 is 2.13. The van der Waals surface area contributed by atoms with Crippen LogP contribution in [0.1, 0.15) is 25.5 Å². The minimum absolute atomic E-state index is 0.854. The van der Waals surface area contributed by atoms with Crippen LogP contribution in [0, 0.1) is 11.8 Å². The molecule has 2 nitrogen and oxygen atoms in total. The summed E-state index contributed by atoms with van der Waals surface area (Å²) in [5.74, 6) is 6.28. The number of hydrogen-bond acceptors (Lipinski definition) is 1. The first-order valence-corrected chi connectivity index (χ1v) is 6.64. The molecule has 1 aromatic carbocycles. The fourth-order valence-corrected chi connectivity index (χ4v) is 2.37. The number of unbranched alkanes of at least 4 members (excludes halogenated alkanes) is 1. The van der Waals surface area contributed by atoms with Crippen LogP contribution in [0.4, 0.5) is 0 Å². The molecule has 0 radical (unpaired) electrons. The number of benzene rings is 1. The van der Waals surface area contributed by atoms with E-state index < -0.39 is 0 Å². The molecule has 3 aromatic rings. The smallest absolute Gasteiger partial charge is 0.142 e. The molecule has 0 N–H and O–H groups in total. The molecule has 0 aliphatic carbocycles. The minimum atomic E-state index is 0.854. The Morgan fingerprint density at radius 2 is 1.95 bits per heavy atom. The van der Waals surface area contributed by atoms with Crippen LogP contribution in [-0.4, -0.2) is 9.55 Å². The van der Waals surface area contributed by atoms with Crippen molar-refractivity contribution in [2.45, 2.75) is 19.8 Å². The summed E-state index contributed by atoms with van der Waals surface area (Å²) in [6.07, 6.45) is 2.01. The molecular formula is C17H16N2. The Morgan fingerprint density at radius 3 is 2.79 bits per heavy atom. The zero-order valence-electron chi connectivity index (χ0n) is 11.3. The highest BCUT2D eigenvalue weighted by atomic mass is 15.0. The number of fused-ring (bicyclic) bond motifs is 3. The summed E-state index contributed by atoms with van der Waals surface area (Å²) in [4.78, 5) is 4.67. The lowest BCUT2D eigenvalue weighted by molar-refractivity contribution is 0.980. The average molecular weight is 248 g/mol. The van der Waals surface area contributed by atoms with Crippen molar-refractivity contribution in [1.29, 1.82) is 0 Å². The largest absolute Gasteiger partial charge is 0.328 e. The highest BCUT2D eigenvalue weighted by Gasteiger charge is 2.08. The number of para-hydroxylation sites is 1. The molecule has 19 heavy (non-hydrogen) atoms. The van der Waals surface area contributed by atoms with Gasteiger partial charge in [0.1, 0.15) is 11.3 Å². The van der Waals surface area contributed by atoms with E-state index in [0.717, 1.165) is 24.2 Å². The molecule has 0 bridgehead atoms. The van der Waals surface area contributed by atoms with Gasteiger partial charge in [0.05, 0.1) is 5.52 Å². The number of pyridine rings is 1. The van der Waals surface area contributed by atoms with Crippen molar-refractivity contribution in [2.75, 3.05) is 0 Å². The molecule has 0 saturated heterocycles. The Bertz CT molecular complexity index is 800. The molecule has 0 unspecified atom stereocenters. The van der Waals surface area contributed by atoms with Gasteiger partial charge in [-0.25, -0.2) is 4.98 Å². The molecule has 0 aliphatic heterocycles. The number of aromatic nitrogens is 2. The van der Waals surface area contributed by atoms with Crippen LogP contribution < -0.4 is 0 Å². The second kappa shape index (κ2) is 4.78. The fourth-order valence-electron chi connectivity index (χ4n) is 2.37. The lowest BCUT2D eigenvalue weighted by Gasteiger charge is -1.96. The maximum Gasteiger partial charge on any atom is 0.142 e. The molecule has 0 spiro atoms. The van der Waals surface area contributed by atoms with Crippen LogP contribution in [0.5, 0.6) is 0 Å². The summed E-state index contributed by atoms with van der Waals surface area (Å²) in [5.41, 5.74) is 3.07. The second-order valence-corrected chi connectivity index (χ2v) is 4.70. The monoisotopic (exact) mass is 248 g/mol. The van der Waals surface area contributed by atoms with Crippen molar-refractivity contribution in [3.8, 4) is 11.8 Å². The molecule has 2 aromatic heterocycles. The maximum atomic E-state index is 4.67. The van der Waals surface area contributed by atoms with Gasteiger partial charge in [0.15, 0.2) is 0 Å². The summed E-state index contributed by atoms with van der Waals surface area (Å²) in [5, 5.41) is 2.44. The van der Waals surface area contributed by atoms with Crippen molar-refractivity contribution in [1.82, 2.24) is 9.55 Å². The van der Waals surface area contributed by atoms with Gasteiger partial charge < -0.3 is 4.57 Å². The number of hydrogen-bond donors (Lipinski definition) is 0. The Balaban J connectivity index is 2.21. The molecular weight excluding hydrogens is 232 g/mol. The van der Waals surface area contributed by atoms with Gasteiger partial charge in [0.2, 0.25) is 0 Å². The normalized spacial score (nSPS) is 10.6. The van der Waals surface area contributed by atoms with E-state index >= 15 is 0 Å². The van der Waals surface area contributed by atoms with Gasteiger partial charge >= 0.3 is 0 Å². The van der Waals surface area contributed by atoms with Crippen molar-refractivity contribution >= 4 is 21.9 Å². The first-order valence-electron chi connectivity index (χ1n) is 6.64. The van der Waals surface area contributed by atoms with E-state index in [0.29, 0.717) is 0 Å². The Morgan fingerprint density at radius 1 is 1.11 bits per heavy atom. The lowest BCUT2D eigenvalue weighted by Crippen LogP contribution is -1.91. The van der Waals surface area contributed by atoms with Crippen molar-refractivity contribution in [2.24, 2.45) is 7.05 Å². The standard InChI is InChI=1S/C17H16N2/c1-3-4-5-8-13-11-12-15-14-9-6-7-10-16(14)19(2)17(15)18-13/h6-7,9-12H,3-4H2,1-2H3. The molecule has 94 valence electrons. The molecule has 0 saturated carbocycles. The molecule has 2 heteroatoms. The van der Waals surface area contributed by atoms with E-state index in [1.807, 2.05) is 6.07 Å². The molecule has 2 heterocycles. The highest BCUT2D eigenvalue weighted by Crippen LogP contribution is 2.26. The van der Waals surface area contributed by atoms with E-state index in [4.69, 9.17) is 0 Å². The molecule has 0 fully saturated rings. The van der Waals surface area contributed by atoms with Gasteiger partial charge in [-0.15, -0.1) is 0 Å². The molecule has 0 aliphatic rings. The summed E-state index contributed by atoms with van der Waals surface area (Å²) in [6.45, 7) is 2.13. The van der Waals surface area contributed by atoms with Gasteiger partial charge in [-0.1, -0.05) is 31.0 Å². The first-order chi connectivity index (χ1) is 9.31. The Hall–Kier alpha value is -2.27. The zero-order valence-corrected chi connectivity index (χ0v) is 11.3. The van der Waals surface area contributed by atoms with Crippen molar-refractivity contribution in [3.05, 3.63) is 42.1 Å². The van der Waals surface area contributed by atoms with Crippen LogP contribution in [-0.2, 0) is 7.05 Å². The number of rotatable bonds is 1. The Kier molecular flexibility index (Phi) is 2.97. The van der Waals surface area contributed by atoms with Gasteiger partial charge in [0, 0.05) is 24.2 Å². The first kappa shape index (κ1) is 11.8. The second-order valence-electron chi connectivity index (χ2n) is 4.70. The van der Waals surface area contributed by atoms with Gasteiger partial charge in [-0.05, 0) is 30.5 Å². The molecule has 0 atom stereocenters. The fraction of sp³-hybridized carbons (Fsp3) is 0.235. The molecule has 0 amide bonds. The quantitative estimate of drug-likeness (QED) is 0.598. The zero-order chi connectivity index (χ0) is 13.2. The van der Waals surface area contributed by atoms with Crippen LogP contribution in [0.2, 0.25) is 0 Å². The van der Waals surface area contributed by atoms with E-state index in [-0.39, 0.29) is 0 Å². The van der Waals surface area contributed by atoms with Crippen LogP contribution in [0.15, 0.2) is 36.4 Å². The maximum absolute atomic E-state index is 4.67. The number of nitrogens with zero attached hydrogens (tertiary/aromatic N) is 2. The topological polar surface area (TPSA) is 17.8 Å². The third-order valence-electron chi connectivity index (χ3n) is 3.34. The van der Waals surface area contributed by atoms with Crippen LogP contribution in [0.25, 0.3) is 21.9 Å². The SMILES string of the molecule is CCCC#Cc1ccc2c3ccccc3n(C)c2n1. The Labute approximate surface area is 113 Å². The minimum Gasteiger partial charge on any atom is -0.328 e. The summed E-state index contributed by atoms with van der Waals surface area (Å²) >= 11 is 0. The predicted molar refractivity (Wildman–Crippen MR) is 80.0 cm³/mol. The predicted octanol–water partition coefficient (Wildman–Crippen LogP) is 3.88. The third kappa shape index (κ3) is 1.98. The van der Waals surface area contributed by atoms with Crippen molar-refractivity contribution < 1.29 is 0 Å². The molecule has 3 rings (SSSR count). The van der Waals surface area contributed by atoms with E-state index in [9.17, 15) is 0 Å². The van der Waals surface area contributed by atoms with Gasteiger partial charge in [-0.3, -0.25) is 0 Å². The van der Waals surface area contributed by atoms with Crippen LogP contribution in [0.3, 0.4) is 0 Å². The summed E-state index contributed by atoms with van der Waals surface area (Å²) in [6, 6.07) is 12.5. The van der Waals surface area contributed by atoms with E-state index in [1.54, 1.807) is 0 Å². The van der Waals surface area contributed by atoms with E-state index in [1.165, 1.54) is 16.3 Å². The lowest BCUT2D eigenvalue weighted by atomic mass is 10.2. The van der Waals surface area contributed by atoms with Gasteiger partial charge in [0.25, 0.3) is 0 Å². The third-order valence-corrected chi connectivity index (χ3v) is 3.34. The average Bonchev–Trinajstić information content (AvgIpc) is 2.73. The van der Waals surface area contributed by atoms with Gasteiger partial charge in [-0.2, -0.15) is 0 Å². The van der Waals surface area contributed by atoms with E-state index in [2.05, 4.69) is 65.7 Å². The van der Waals surface area contributed by atoms with Crippen LogP contribution >= 0.6 is 0 Å². The number of aryl methyl sites for hydroxylation is 1. The highest BCUT2D eigenvalue weighted by molar-refractivity contribution is 6.06. The summed E-state index contributed by atoms with van der Waals surface area (Å²) in [7, 11) is 2.06. The van der Waals surface area contributed by atoms with Crippen molar-refractivity contribution in [3.63, 3.8) is 0 Å².